The van der Waals surface area contributed by atoms with Crippen molar-refractivity contribution in [2.75, 3.05) is 0 Å². The quantitative estimate of drug-likeness (QED) is 0.418. The molecule has 0 unspecified atom stereocenters. The standard InChI is InChI=1S/C4H5NS3/c6-2-1-3(7)5-4(2)8/h1,5-8H. The van der Waals surface area contributed by atoms with Crippen LogP contribution < -0.4 is 0 Å². The van der Waals surface area contributed by atoms with Gasteiger partial charge < -0.3 is 4.98 Å². The molecule has 4 heteroatoms. The van der Waals surface area contributed by atoms with Crippen LogP contribution in [0.25, 0.3) is 0 Å². The number of hydrogen-bond acceptors (Lipinski definition) is 3. The van der Waals surface area contributed by atoms with Crippen molar-refractivity contribution in [1.29, 1.82) is 0 Å². The lowest BCUT2D eigenvalue weighted by Crippen LogP contribution is -1.60. The Morgan fingerprint density at radius 3 is 2.00 bits per heavy atom. The monoisotopic (exact) mass is 163 g/mol. The summed E-state index contributed by atoms with van der Waals surface area (Å²) in [5, 5.41) is 1.55. The second-order valence-corrected chi connectivity index (χ2v) is 2.80. The van der Waals surface area contributed by atoms with Gasteiger partial charge in [0.15, 0.2) is 0 Å². The van der Waals surface area contributed by atoms with Crippen LogP contribution in [0.15, 0.2) is 21.0 Å². The van der Waals surface area contributed by atoms with E-state index in [1.165, 1.54) is 0 Å². The Hall–Kier alpha value is 0.330. The molecule has 0 aliphatic rings. The van der Waals surface area contributed by atoms with Crippen LogP contribution in [0.3, 0.4) is 0 Å². The molecule has 0 aliphatic heterocycles. The fourth-order valence-corrected chi connectivity index (χ4v) is 1.22. The third kappa shape index (κ3) is 1.18. The smallest absolute Gasteiger partial charge is 0.0835 e. The van der Waals surface area contributed by atoms with Crippen molar-refractivity contribution in [2.24, 2.45) is 0 Å². The van der Waals surface area contributed by atoms with Gasteiger partial charge in [-0.15, -0.1) is 37.9 Å². The molecule has 0 bridgehead atoms. The zero-order valence-corrected chi connectivity index (χ0v) is 6.60. The van der Waals surface area contributed by atoms with Gasteiger partial charge in [0.05, 0.1) is 10.1 Å². The fourth-order valence-electron chi connectivity index (χ4n) is 0.419. The van der Waals surface area contributed by atoms with Crippen molar-refractivity contribution >= 4 is 37.9 Å². The molecule has 0 atom stereocenters. The molecule has 0 radical (unpaired) electrons. The minimum absolute atomic E-state index is 0.762. The predicted octanol–water partition coefficient (Wildman–Crippen LogP) is 1.88. The first-order valence-corrected chi connectivity index (χ1v) is 3.34. The lowest BCUT2D eigenvalue weighted by molar-refractivity contribution is 1.07. The zero-order chi connectivity index (χ0) is 6.15. The minimum Gasteiger partial charge on any atom is -0.344 e. The summed E-state index contributed by atoms with van der Waals surface area (Å²) >= 11 is 12.1. The normalized spacial score (nSPS) is 9.88. The molecule has 0 saturated heterocycles. The largest absolute Gasteiger partial charge is 0.344 e. The van der Waals surface area contributed by atoms with Crippen LogP contribution in [0.2, 0.25) is 0 Å². The molecule has 0 spiro atoms. The number of nitrogens with one attached hydrogen (secondary N) is 1. The van der Waals surface area contributed by atoms with Gasteiger partial charge in [-0.05, 0) is 6.07 Å². The Morgan fingerprint density at radius 2 is 1.88 bits per heavy atom. The van der Waals surface area contributed by atoms with Crippen LogP contribution in [0.5, 0.6) is 0 Å². The Morgan fingerprint density at radius 1 is 1.25 bits per heavy atom. The fraction of sp³-hybridized carbons (Fsp3) is 0. The van der Waals surface area contributed by atoms with E-state index in [0.717, 1.165) is 14.9 Å². The molecule has 1 nitrogen and oxygen atoms in total. The second kappa shape index (κ2) is 2.29. The maximum atomic E-state index is 4.06. The zero-order valence-electron chi connectivity index (χ0n) is 3.92. The highest BCUT2D eigenvalue weighted by Gasteiger charge is 1.94. The Bertz CT molecular complexity index is 174. The summed E-state index contributed by atoms with van der Waals surface area (Å²) in [6.45, 7) is 0. The summed E-state index contributed by atoms with van der Waals surface area (Å²) in [5.41, 5.74) is 0. The van der Waals surface area contributed by atoms with Gasteiger partial charge in [0.25, 0.3) is 0 Å². The third-order valence-corrected chi connectivity index (χ3v) is 1.89. The number of H-pyrrole nitrogens is 1. The van der Waals surface area contributed by atoms with E-state index in [1.807, 2.05) is 0 Å². The second-order valence-electron chi connectivity index (χ2n) is 1.39. The van der Waals surface area contributed by atoms with Crippen molar-refractivity contribution < 1.29 is 0 Å². The van der Waals surface area contributed by atoms with Crippen molar-refractivity contribution in [1.82, 2.24) is 4.98 Å². The van der Waals surface area contributed by atoms with Gasteiger partial charge in [0.2, 0.25) is 0 Å². The molecule has 44 valence electrons. The highest BCUT2D eigenvalue weighted by molar-refractivity contribution is 7.83. The maximum Gasteiger partial charge on any atom is 0.0835 e. The van der Waals surface area contributed by atoms with Crippen molar-refractivity contribution in [3.8, 4) is 0 Å². The summed E-state index contributed by atoms with van der Waals surface area (Å²) in [6, 6.07) is 1.80. The van der Waals surface area contributed by atoms with E-state index in [2.05, 4.69) is 42.9 Å². The number of aromatic nitrogens is 1. The molecular weight excluding hydrogens is 158 g/mol. The van der Waals surface area contributed by atoms with Gasteiger partial charge >= 0.3 is 0 Å². The number of thiol groups is 3. The topological polar surface area (TPSA) is 15.8 Å². The molecule has 1 rings (SSSR count). The highest BCUT2D eigenvalue weighted by Crippen LogP contribution is 2.19. The molecule has 1 aromatic rings. The summed E-state index contributed by atoms with van der Waals surface area (Å²) < 4.78 is 0. The summed E-state index contributed by atoms with van der Waals surface area (Å²) in [4.78, 5) is 3.69. The average Bonchev–Trinajstić information content (AvgIpc) is 1.85. The molecule has 0 fully saturated rings. The molecule has 0 aromatic carbocycles. The predicted molar refractivity (Wildman–Crippen MR) is 42.5 cm³/mol. The first-order chi connectivity index (χ1) is 3.70. The molecule has 1 N–H and O–H groups in total. The number of aromatic amines is 1. The molecule has 1 aromatic heterocycles. The van der Waals surface area contributed by atoms with Gasteiger partial charge in [0, 0.05) is 4.90 Å². The van der Waals surface area contributed by atoms with E-state index in [1.54, 1.807) is 6.07 Å². The van der Waals surface area contributed by atoms with Crippen molar-refractivity contribution in [3.63, 3.8) is 0 Å². The highest BCUT2D eigenvalue weighted by atomic mass is 32.1. The Balaban J connectivity index is 3.14. The van der Waals surface area contributed by atoms with E-state index < -0.39 is 0 Å². The summed E-state index contributed by atoms with van der Waals surface area (Å²) in [5.74, 6) is 0. The van der Waals surface area contributed by atoms with Crippen LogP contribution in [0.1, 0.15) is 0 Å². The van der Waals surface area contributed by atoms with Gasteiger partial charge in [-0.3, -0.25) is 0 Å². The van der Waals surface area contributed by atoms with Crippen LogP contribution in [0.4, 0.5) is 0 Å². The first-order valence-electron chi connectivity index (χ1n) is 2.00. The van der Waals surface area contributed by atoms with Crippen LogP contribution in [-0.2, 0) is 0 Å². The van der Waals surface area contributed by atoms with Crippen LogP contribution in [-0.4, -0.2) is 4.98 Å². The van der Waals surface area contributed by atoms with E-state index in [0.29, 0.717) is 0 Å². The molecule has 0 saturated carbocycles. The SMILES string of the molecule is Sc1cc(S)c(S)[nH]1. The first kappa shape index (κ1) is 6.45. The van der Waals surface area contributed by atoms with Crippen LogP contribution >= 0.6 is 37.9 Å². The maximum absolute atomic E-state index is 4.06. The lowest BCUT2D eigenvalue weighted by atomic mass is 10.7. The van der Waals surface area contributed by atoms with Gasteiger partial charge in [0.1, 0.15) is 0 Å². The Labute approximate surface area is 64.1 Å². The van der Waals surface area contributed by atoms with Gasteiger partial charge in [-0.1, -0.05) is 0 Å². The van der Waals surface area contributed by atoms with Gasteiger partial charge in [-0.25, -0.2) is 0 Å². The summed E-state index contributed by atoms with van der Waals surface area (Å²) in [7, 11) is 0. The third-order valence-electron chi connectivity index (χ3n) is 0.763. The van der Waals surface area contributed by atoms with E-state index in [4.69, 9.17) is 0 Å². The molecular formula is C4H5NS3. The molecule has 8 heavy (non-hydrogen) atoms. The average molecular weight is 163 g/mol. The van der Waals surface area contributed by atoms with Crippen molar-refractivity contribution in [3.05, 3.63) is 6.07 Å². The number of hydrogen-bond donors (Lipinski definition) is 4. The Kier molecular flexibility index (Phi) is 1.84. The van der Waals surface area contributed by atoms with E-state index >= 15 is 0 Å². The van der Waals surface area contributed by atoms with Crippen LogP contribution in [0, 0.1) is 0 Å². The summed E-state index contributed by atoms with van der Waals surface area (Å²) in [6.07, 6.45) is 0. The van der Waals surface area contributed by atoms with Crippen molar-refractivity contribution in [2.45, 2.75) is 14.9 Å². The lowest BCUT2D eigenvalue weighted by Gasteiger charge is -1.79. The van der Waals surface area contributed by atoms with E-state index in [-0.39, 0.29) is 0 Å². The molecule has 1 heterocycles. The minimum atomic E-state index is 0.762. The molecule has 0 amide bonds. The van der Waals surface area contributed by atoms with Gasteiger partial charge in [-0.2, -0.15) is 0 Å². The molecule has 0 aliphatic carbocycles. The number of rotatable bonds is 0. The van der Waals surface area contributed by atoms with E-state index in [9.17, 15) is 0 Å².